The molecular weight excluding hydrogens is 438 g/mol. The van der Waals surface area contributed by atoms with Crippen LogP contribution in [0.15, 0.2) is 20.7 Å². The molecule has 0 atom stereocenters. The van der Waals surface area contributed by atoms with Crippen LogP contribution in [0.4, 0.5) is 5.13 Å². The number of anilines is 1. The zero-order valence-electron chi connectivity index (χ0n) is 13.7. The summed E-state index contributed by atoms with van der Waals surface area (Å²) in [5, 5.41) is 11.5. The van der Waals surface area contributed by atoms with E-state index in [0.717, 1.165) is 15.7 Å². The molecule has 0 aliphatic carbocycles. The number of halogens is 1. The van der Waals surface area contributed by atoms with E-state index in [9.17, 15) is 13.2 Å². The Morgan fingerprint density at radius 1 is 1.27 bits per heavy atom. The van der Waals surface area contributed by atoms with Gasteiger partial charge in [0.15, 0.2) is 4.34 Å². The first kappa shape index (κ1) is 19.8. The lowest BCUT2D eigenvalue weighted by Gasteiger charge is -2.33. The highest BCUT2D eigenvalue weighted by Gasteiger charge is 2.31. The summed E-state index contributed by atoms with van der Waals surface area (Å²) in [6.07, 6.45) is 0. The average molecular weight is 454 g/mol. The summed E-state index contributed by atoms with van der Waals surface area (Å²) in [4.78, 5) is 14.0. The maximum Gasteiger partial charge on any atom is 0.252 e. The number of amides is 1. The van der Waals surface area contributed by atoms with Crippen LogP contribution in [-0.2, 0) is 14.8 Å². The molecule has 3 rings (SSSR count). The normalized spacial score (nSPS) is 16.0. The summed E-state index contributed by atoms with van der Waals surface area (Å²) in [6, 6.07) is 3.08. The highest BCUT2D eigenvalue weighted by atomic mass is 35.5. The lowest BCUT2D eigenvalue weighted by molar-refractivity contribution is -0.129. The van der Waals surface area contributed by atoms with Crippen molar-refractivity contribution in [3.63, 3.8) is 0 Å². The average Bonchev–Trinajstić information content (AvgIpc) is 3.29. The van der Waals surface area contributed by atoms with Crippen LogP contribution in [0.2, 0.25) is 4.34 Å². The minimum Gasteiger partial charge on any atom is -0.363 e. The van der Waals surface area contributed by atoms with Crippen LogP contribution in [0.5, 0.6) is 0 Å². The highest BCUT2D eigenvalue weighted by Crippen LogP contribution is 2.29. The van der Waals surface area contributed by atoms with E-state index in [1.807, 2.05) is 0 Å². The Morgan fingerprint density at radius 2 is 2.00 bits per heavy atom. The number of carbonyl (C=O) groups is 1. The number of nitrogens with zero attached hydrogens (tertiary/aromatic N) is 4. The minimum absolute atomic E-state index is 0.0348. The molecule has 26 heavy (non-hydrogen) atoms. The first-order chi connectivity index (χ1) is 12.4. The van der Waals surface area contributed by atoms with Gasteiger partial charge in [-0.1, -0.05) is 34.7 Å². The van der Waals surface area contributed by atoms with Crippen molar-refractivity contribution in [3.8, 4) is 0 Å². The van der Waals surface area contributed by atoms with Crippen LogP contribution in [-0.4, -0.2) is 72.7 Å². The molecule has 1 fully saturated rings. The van der Waals surface area contributed by atoms with E-state index in [1.165, 1.54) is 33.5 Å². The predicted octanol–water partition coefficient (Wildman–Crippen LogP) is 1.92. The molecule has 142 valence electrons. The van der Waals surface area contributed by atoms with Crippen LogP contribution < -0.4 is 5.32 Å². The number of nitrogens with one attached hydrogen (secondary N) is 1. The van der Waals surface area contributed by atoms with Crippen molar-refractivity contribution in [1.82, 2.24) is 19.4 Å². The van der Waals surface area contributed by atoms with Gasteiger partial charge >= 0.3 is 0 Å². The summed E-state index contributed by atoms with van der Waals surface area (Å²) < 4.78 is 27.9. The number of thioether (sulfide) groups is 1. The zero-order chi connectivity index (χ0) is 18.7. The summed E-state index contributed by atoms with van der Waals surface area (Å²) in [6.45, 7) is 1.29. The first-order valence-electron chi connectivity index (χ1n) is 7.57. The molecule has 1 aliphatic heterocycles. The maximum absolute atomic E-state index is 12.6. The van der Waals surface area contributed by atoms with E-state index in [-0.39, 0.29) is 29.0 Å². The fourth-order valence-corrected chi connectivity index (χ4v) is 6.99. The summed E-state index contributed by atoms with van der Waals surface area (Å²) in [5.41, 5.74) is 0. The van der Waals surface area contributed by atoms with E-state index in [4.69, 9.17) is 11.6 Å². The van der Waals surface area contributed by atoms with Gasteiger partial charge in [-0.2, -0.15) is 4.31 Å². The van der Waals surface area contributed by atoms with Crippen LogP contribution in [0, 0.1) is 0 Å². The van der Waals surface area contributed by atoms with Gasteiger partial charge in [0.1, 0.15) is 4.21 Å². The van der Waals surface area contributed by atoms with Gasteiger partial charge in [-0.25, -0.2) is 8.42 Å². The monoisotopic (exact) mass is 453 g/mol. The number of hydrogen-bond acceptors (Lipinski definition) is 9. The van der Waals surface area contributed by atoms with E-state index in [1.54, 1.807) is 18.0 Å². The largest absolute Gasteiger partial charge is 0.363 e. The highest BCUT2D eigenvalue weighted by molar-refractivity contribution is 8.01. The van der Waals surface area contributed by atoms with Gasteiger partial charge in [0.25, 0.3) is 10.0 Å². The Balaban J connectivity index is 1.52. The summed E-state index contributed by atoms with van der Waals surface area (Å²) in [7, 11) is -1.78. The number of aromatic nitrogens is 2. The lowest BCUT2D eigenvalue weighted by Crippen LogP contribution is -2.50. The van der Waals surface area contributed by atoms with Gasteiger partial charge in [0.05, 0.1) is 10.1 Å². The van der Waals surface area contributed by atoms with E-state index in [2.05, 4.69) is 15.5 Å². The topological polar surface area (TPSA) is 95.5 Å². The van der Waals surface area contributed by atoms with Gasteiger partial charge in [0.2, 0.25) is 11.0 Å². The van der Waals surface area contributed by atoms with Crippen LogP contribution in [0.25, 0.3) is 0 Å². The number of hydrogen-bond donors (Lipinski definition) is 1. The second kappa shape index (κ2) is 8.40. The molecule has 8 nitrogen and oxygen atoms in total. The van der Waals surface area contributed by atoms with Gasteiger partial charge in [-0.05, 0) is 12.1 Å². The lowest BCUT2D eigenvalue weighted by atomic mass is 10.3. The molecule has 1 aliphatic rings. The Kier molecular flexibility index (Phi) is 6.41. The van der Waals surface area contributed by atoms with Crippen molar-refractivity contribution < 1.29 is 13.2 Å². The van der Waals surface area contributed by atoms with Crippen molar-refractivity contribution in [3.05, 3.63) is 16.5 Å². The quantitative estimate of drug-likeness (QED) is 0.667. The van der Waals surface area contributed by atoms with Crippen molar-refractivity contribution in [2.24, 2.45) is 0 Å². The smallest absolute Gasteiger partial charge is 0.252 e. The third-order valence-electron chi connectivity index (χ3n) is 3.67. The predicted molar refractivity (Wildman–Crippen MR) is 105 cm³/mol. The van der Waals surface area contributed by atoms with Crippen LogP contribution in [0.1, 0.15) is 0 Å². The van der Waals surface area contributed by atoms with Crippen LogP contribution >= 0.6 is 46.0 Å². The molecule has 2 aromatic heterocycles. The third kappa shape index (κ3) is 4.49. The second-order valence-electron chi connectivity index (χ2n) is 5.26. The minimum atomic E-state index is -3.55. The SMILES string of the molecule is CNc1nnc(SCC(=O)N2CCN(S(=O)(=O)c3ccc(Cl)s3)CC2)s1. The van der Waals surface area contributed by atoms with Crippen molar-refractivity contribution >= 4 is 67.1 Å². The fourth-order valence-electron chi connectivity index (χ4n) is 2.33. The molecule has 0 aromatic carbocycles. The molecule has 13 heteroatoms. The molecule has 3 heterocycles. The zero-order valence-corrected chi connectivity index (χ0v) is 17.7. The maximum atomic E-state index is 12.6. The van der Waals surface area contributed by atoms with Gasteiger partial charge < -0.3 is 10.2 Å². The Morgan fingerprint density at radius 3 is 2.58 bits per heavy atom. The molecular formula is C13H16ClN5O3S4. The van der Waals surface area contributed by atoms with Gasteiger partial charge in [-0.15, -0.1) is 21.5 Å². The van der Waals surface area contributed by atoms with E-state index < -0.39 is 10.0 Å². The summed E-state index contributed by atoms with van der Waals surface area (Å²) in [5.74, 6) is 0.221. The number of carbonyl (C=O) groups excluding carboxylic acids is 1. The third-order valence-corrected chi connectivity index (χ3v) is 9.33. The standard InChI is InChI=1S/C13H16ClN5O3S4/c1-15-12-16-17-13(25-12)23-8-10(20)18-4-6-19(7-5-18)26(21,22)11-3-2-9(14)24-11/h2-3H,4-8H2,1H3,(H,15,16). The van der Waals surface area contributed by atoms with E-state index >= 15 is 0 Å². The number of sulfonamides is 1. The molecule has 0 bridgehead atoms. The molecule has 0 spiro atoms. The molecule has 1 N–H and O–H groups in total. The molecule has 2 aromatic rings. The number of thiophene rings is 1. The molecule has 1 amide bonds. The van der Waals surface area contributed by atoms with Crippen molar-refractivity contribution in [2.45, 2.75) is 8.55 Å². The number of rotatable bonds is 6. The first-order valence-corrected chi connectivity index (χ1v) is 12.0. The Labute approximate surface area is 168 Å². The second-order valence-corrected chi connectivity index (χ2v) is 11.3. The van der Waals surface area contributed by atoms with Gasteiger partial charge in [0, 0.05) is 33.2 Å². The van der Waals surface area contributed by atoms with Gasteiger partial charge in [-0.3, -0.25) is 4.79 Å². The van der Waals surface area contributed by atoms with Crippen molar-refractivity contribution in [2.75, 3.05) is 44.3 Å². The molecule has 0 saturated carbocycles. The summed E-state index contributed by atoms with van der Waals surface area (Å²) >= 11 is 9.59. The van der Waals surface area contributed by atoms with Crippen molar-refractivity contribution in [1.29, 1.82) is 0 Å². The molecule has 0 radical (unpaired) electrons. The Hall–Kier alpha value is -0.920. The molecule has 0 unspecified atom stereocenters. The fraction of sp³-hybridized carbons (Fsp3) is 0.462. The van der Waals surface area contributed by atoms with Crippen LogP contribution in [0.3, 0.4) is 0 Å². The molecule has 1 saturated heterocycles. The Bertz CT molecular complexity index is 876. The van der Waals surface area contributed by atoms with E-state index in [0.29, 0.717) is 22.6 Å². The number of piperazine rings is 1.